The van der Waals surface area contributed by atoms with E-state index in [9.17, 15) is 4.79 Å². The largest absolute Gasteiger partial charge is 0.483 e. The van der Waals surface area contributed by atoms with Crippen LogP contribution in [-0.4, -0.2) is 22.7 Å². The van der Waals surface area contributed by atoms with Crippen LogP contribution in [0.25, 0.3) is 22.9 Å². The number of ether oxygens (including phenoxy) is 1. The van der Waals surface area contributed by atoms with E-state index in [0.717, 1.165) is 15.6 Å². The monoisotopic (exact) mass is 463 g/mol. The number of para-hydroxylation sites is 1. The third-order valence-corrected chi connectivity index (χ3v) is 4.79. The second-order valence-electron chi connectivity index (χ2n) is 6.47. The summed E-state index contributed by atoms with van der Waals surface area (Å²) in [7, 11) is 0. The third kappa shape index (κ3) is 4.93. The second kappa shape index (κ2) is 9.37. The molecule has 6 nitrogen and oxygen atoms in total. The lowest BCUT2D eigenvalue weighted by molar-refractivity contribution is -0.123. The molecule has 1 heterocycles. The van der Waals surface area contributed by atoms with Gasteiger partial charge in [-0.3, -0.25) is 4.79 Å². The highest BCUT2D eigenvalue weighted by Crippen LogP contribution is 2.30. The van der Waals surface area contributed by atoms with Crippen molar-refractivity contribution in [2.75, 3.05) is 6.61 Å². The predicted octanol–water partition coefficient (Wildman–Crippen LogP) is 4.86. The van der Waals surface area contributed by atoms with Crippen molar-refractivity contribution in [1.82, 2.24) is 15.5 Å². The predicted molar refractivity (Wildman–Crippen MR) is 117 cm³/mol. The Morgan fingerprint density at radius 3 is 2.53 bits per heavy atom. The molecular weight excluding hydrogens is 446 g/mol. The molecule has 0 saturated heterocycles. The van der Waals surface area contributed by atoms with E-state index in [1.165, 1.54) is 0 Å². The zero-order valence-electron chi connectivity index (χ0n) is 15.9. The number of aromatic nitrogens is 2. The van der Waals surface area contributed by atoms with Crippen molar-refractivity contribution in [3.05, 3.63) is 88.9 Å². The number of hydrogen-bond donors (Lipinski definition) is 1. The van der Waals surface area contributed by atoms with Gasteiger partial charge in [-0.05, 0) is 42.0 Å². The number of halogens is 1. The molecule has 1 N–H and O–H groups in total. The maximum Gasteiger partial charge on any atom is 0.258 e. The number of benzene rings is 3. The van der Waals surface area contributed by atoms with Crippen molar-refractivity contribution in [3.63, 3.8) is 0 Å². The first-order chi connectivity index (χ1) is 14.7. The topological polar surface area (TPSA) is 77.2 Å². The van der Waals surface area contributed by atoms with Gasteiger partial charge in [-0.15, -0.1) is 10.2 Å². The summed E-state index contributed by atoms with van der Waals surface area (Å²) in [4.78, 5) is 12.2. The third-order valence-electron chi connectivity index (χ3n) is 4.30. The molecule has 0 aliphatic carbocycles. The van der Waals surface area contributed by atoms with Crippen LogP contribution in [0.4, 0.5) is 0 Å². The van der Waals surface area contributed by atoms with E-state index in [2.05, 4.69) is 31.4 Å². The molecule has 0 saturated carbocycles. The van der Waals surface area contributed by atoms with E-state index in [1.807, 2.05) is 72.8 Å². The number of rotatable bonds is 7. The van der Waals surface area contributed by atoms with Crippen LogP contribution in [0.15, 0.2) is 87.8 Å². The van der Waals surface area contributed by atoms with E-state index in [1.54, 1.807) is 6.07 Å². The number of nitrogens with one attached hydrogen (secondary N) is 1. The molecule has 0 fully saturated rings. The van der Waals surface area contributed by atoms with Gasteiger partial charge in [-0.25, -0.2) is 0 Å². The smallest absolute Gasteiger partial charge is 0.258 e. The first-order valence-corrected chi connectivity index (χ1v) is 10.1. The maximum atomic E-state index is 12.2. The SMILES string of the molecule is O=C(COc1ccccc1-c1nnc(-c2ccccc2)o1)NCc1cccc(Br)c1. The fourth-order valence-corrected chi connectivity index (χ4v) is 3.29. The molecule has 0 bridgehead atoms. The van der Waals surface area contributed by atoms with Crippen molar-refractivity contribution in [2.45, 2.75) is 6.54 Å². The molecule has 30 heavy (non-hydrogen) atoms. The van der Waals surface area contributed by atoms with Crippen molar-refractivity contribution in [3.8, 4) is 28.7 Å². The van der Waals surface area contributed by atoms with Crippen molar-refractivity contribution in [2.24, 2.45) is 0 Å². The van der Waals surface area contributed by atoms with E-state index in [4.69, 9.17) is 9.15 Å². The minimum atomic E-state index is -0.222. The van der Waals surface area contributed by atoms with Crippen molar-refractivity contribution in [1.29, 1.82) is 0 Å². The molecule has 1 amide bonds. The molecular formula is C23H18BrN3O3. The summed E-state index contributed by atoms with van der Waals surface area (Å²) in [5.74, 6) is 1.03. The van der Waals surface area contributed by atoms with Crippen LogP contribution in [0.3, 0.4) is 0 Å². The van der Waals surface area contributed by atoms with Gasteiger partial charge in [0.25, 0.3) is 11.8 Å². The molecule has 150 valence electrons. The number of carbonyl (C=O) groups is 1. The van der Waals surface area contributed by atoms with E-state index in [-0.39, 0.29) is 12.5 Å². The molecule has 4 aromatic rings. The normalized spacial score (nSPS) is 10.6. The highest BCUT2D eigenvalue weighted by molar-refractivity contribution is 9.10. The summed E-state index contributed by atoms with van der Waals surface area (Å²) in [6, 6.07) is 24.5. The van der Waals surface area contributed by atoms with Gasteiger partial charge in [-0.1, -0.05) is 58.4 Å². The lowest BCUT2D eigenvalue weighted by Gasteiger charge is -2.10. The minimum Gasteiger partial charge on any atom is -0.483 e. The molecule has 0 aliphatic heterocycles. The fourth-order valence-electron chi connectivity index (χ4n) is 2.84. The zero-order valence-corrected chi connectivity index (χ0v) is 17.5. The Bertz CT molecular complexity index is 1150. The van der Waals surface area contributed by atoms with Crippen LogP contribution in [-0.2, 0) is 11.3 Å². The van der Waals surface area contributed by atoms with Crippen molar-refractivity contribution < 1.29 is 13.9 Å². The first-order valence-electron chi connectivity index (χ1n) is 9.31. The zero-order chi connectivity index (χ0) is 20.8. The van der Waals surface area contributed by atoms with E-state index < -0.39 is 0 Å². The van der Waals surface area contributed by atoms with E-state index in [0.29, 0.717) is 29.6 Å². The molecule has 7 heteroatoms. The molecule has 0 atom stereocenters. The summed E-state index contributed by atoms with van der Waals surface area (Å²) in [5.41, 5.74) is 2.46. The summed E-state index contributed by atoms with van der Waals surface area (Å²) in [6.07, 6.45) is 0. The van der Waals surface area contributed by atoms with Crippen molar-refractivity contribution >= 4 is 21.8 Å². The highest BCUT2D eigenvalue weighted by Gasteiger charge is 2.15. The second-order valence-corrected chi connectivity index (χ2v) is 7.39. The molecule has 4 rings (SSSR count). The number of nitrogens with zero attached hydrogens (tertiary/aromatic N) is 2. The van der Waals surface area contributed by atoms with Crippen LogP contribution in [0.2, 0.25) is 0 Å². The summed E-state index contributed by atoms with van der Waals surface area (Å²) in [6.45, 7) is 0.304. The van der Waals surface area contributed by atoms with Crippen LogP contribution >= 0.6 is 15.9 Å². The average molecular weight is 464 g/mol. The lowest BCUT2D eigenvalue weighted by atomic mass is 10.2. The average Bonchev–Trinajstić information content (AvgIpc) is 3.27. The highest BCUT2D eigenvalue weighted by atomic mass is 79.9. The quantitative estimate of drug-likeness (QED) is 0.423. The Morgan fingerprint density at radius 1 is 0.933 bits per heavy atom. The van der Waals surface area contributed by atoms with Gasteiger partial charge in [0.05, 0.1) is 5.56 Å². The Hall–Kier alpha value is -3.45. The van der Waals surface area contributed by atoms with E-state index >= 15 is 0 Å². The molecule has 0 spiro atoms. The van der Waals surface area contributed by atoms with Crippen LogP contribution in [0.1, 0.15) is 5.56 Å². The minimum absolute atomic E-state index is 0.120. The Balaban J connectivity index is 1.41. The molecule has 0 aliphatic rings. The Kier molecular flexibility index (Phi) is 6.20. The Morgan fingerprint density at radius 2 is 1.70 bits per heavy atom. The van der Waals surface area contributed by atoms with Gasteiger partial charge in [0, 0.05) is 16.6 Å². The summed E-state index contributed by atoms with van der Waals surface area (Å²) in [5, 5.41) is 11.1. The van der Waals surface area contributed by atoms with Crippen LogP contribution in [0.5, 0.6) is 5.75 Å². The van der Waals surface area contributed by atoms with Gasteiger partial charge in [-0.2, -0.15) is 0 Å². The molecule has 0 unspecified atom stereocenters. The lowest BCUT2D eigenvalue weighted by Crippen LogP contribution is -2.28. The molecule has 0 radical (unpaired) electrons. The molecule has 3 aromatic carbocycles. The Labute approximate surface area is 182 Å². The summed E-state index contributed by atoms with van der Waals surface area (Å²) < 4.78 is 12.5. The van der Waals surface area contributed by atoms with Crippen LogP contribution < -0.4 is 10.1 Å². The maximum absolute atomic E-state index is 12.2. The summed E-state index contributed by atoms with van der Waals surface area (Å²) >= 11 is 3.42. The van der Waals surface area contributed by atoms with Crippen LogP contribution in [0, 0.1) is 0 Å². The first kappa shape index (κ1) is 19.8. The number of hydrogen-bond acceptors (Lipinski definition) is 5. The fraction of sp³-hybridized carbons (Fsp3) is 0.0870. The van der Waals surface area contributed by atoms with Gasteiger partial charge in [0.2, 0.25) is 5.89 Å². The number of amides is 1. The van der Waals surface area contributed by atoms with Gasteiger partial charge in [0.1, 0.15) is 5.75 Å². The molecule has 1 aromatic heterocycles. The van der Waals surface area contributed by atoms with Gasteiger partial charge >= 0.3 is 0 Å². The number of carbonyl (C=O) groups excluding carboxylic acids is 1. The van der Waals surface area contributed by atoms with Gasteiger partial charge < -0.3 is 14.5 Å². The van der Waals surface area contributed by atoms with Gasteiger partial charge in [0.15, 0.2) is 6.61 Å². The standard InChI is InChI=1S/C23H18BrN3O3/c24-18-10-6-7-16(13-18)14-25-21(28)15-29-20-12-5-4-11-19(20)23-27-26-22(30-23)17-8-2-1-3-9-17/h1-13H,14-15H2,(H,25,28).